The molecule has 0 aliphatic rings. The molecular weight excluding hydrogens is 156 g/mol. The molecule has 0 aromatic heterocycles. The number of hydrogen-bond donors (Lipinski definition) is 0. The maximum Gasteiger partial charge on any atom is 2.00 e. The van der Waals surface area contributed by atoms with E-state index in [-0.39, 0.29) is 135 Å². The van der Waals surface area contributed by atoms with Crippen molar-refractivity contribution >= 4 is 0 Å². The van der Waals surface area contributed by atoms with Crippen LogP contribution in [0.25, 0.3) is 0 Å². The first-order valence-corrected chi connectivity index (χ1v) is 0. The van der Waals surface area contributed by atoms with Gasteiger partial charge in [-0.05, 0) is 0 Å². The molecule has 0 heterocycles. The fraction of sp³-hybridized carbons (Fsp3) is 0. The summed E-state index contributed by atoms with van der Waals surface area (Å²) in [5.74, 6) is 0. The van der Waals surface area contributed by atoms with Gasteiger partial charge in [0.15, 0.2) is 0 Å². The minimum atomic E-state index is 0. The molecule has 0 bridgehead atoms. The number of rotatable bonds is 0. The summed E-state index contributed by atoms with van der Waals surface area (Å²) in [6, 6.07) is 0. The van der Waals surface area contributed by atoms with Gasteiger partial charge in [0.1, 0.15) is 0 Å². The summed E-state index contributed by atoms with van der Waals surface area (Å²) in [5.41, 5.74) is 0. The molecule has 0 aromatic rings. The Morgan fingerprint density at radius 2 is 0.400 bits per heavy atom. The molecule has 0 aliphatic carbocycles. The van der Waals surface area contributed by atoms with Crippen LogP contribution in [0, 0.1) is 0 Å². The van der Waals surface area contributed by atoms with Gasteiger partial charge in [0.2, 0.25) is 0 Å². The fourth-order valence-electron chi connectivity index (χ4n) is 0. The van der Waals surface area contributed by atoms with Gasteiger partial charge in [0, 0.05) is 0 Å². The Morgan fingerprint density at radius 3 is 0.400 bits per heavy atom. The molecule has 0 unspecified atom stereocenters. The van der Waals surface area contributed by atoms with Crippen molar-refractivity contribution in [3.8, 4) is 0 Å². The maximum atomic E-state index is 0. The third kappa shape index (κ3) is 17.7. The second-order valence-electron chi connectivity index (χ2n) is 0. The van der Waals surface area contributed by atoms with E-state index < -0.39 is 0 Å². The quantitative estimate of drug-likeness (QED) is 0.305. The molecule has 0 fully saturated rings. The third-order valence-corrected chi connectivity index (χ3v) is 0. The predicted molar refractivity (Wildman–Crippen MR) is 0 cm³/mol. The van der Waals surface area contributed by atoms with Crippen LogP contribution in [0.1, 0.15) is 0 Å². The Balaban J connectivity index is 0. The maximum absolute atomic E-state index is 0. The summed E-state index contributed by atoms with van der Waals surface area (Å²) in [6.45, 7) is 0. The van der Waals surface area contributed by atoms with Gasteiger partial charge in [0.25, 0.3) is 0 Å². The summed E-state index contributed by atoms with van der Waals surface area (Å²) < 4.78 is 0. The van der Waals surface area contributed by atoms with Crippen LogP contribution in [0.5, 0.6) is 0 Å². The summed E-state index contributed by atoms with van der Waals surface area (Å²) in [6.07, 6.45) is 0. The molecule has 0 rings (SSSR count). The van der Waals surface area contributed by atoms with E-state index in [1.807, 2.05) is 0 Å². The van der Waals surface area contributed by atoms with Crippen molar-refractivity contribution in [2.45, 2.75) is 0 Å². The zero-order valence-corrected chi connectivity index (χ0v) is 13.2. The van der Waals surface area contributed by atoms with E-state index in [2.05, 4.69) is 0 Å². The van der Waals surface area contributed by atoms with Crippen molar-refractivity contribution in [3.63, 3.8) is 0 Å². The zero-order valence-electron chi connectivity index (χ0n) is 4.30. The Morgan fingerprint density at radius 1 is 0.400 bits per heavy atom. The largest absolute Gasteiger partial charge is 2.00 e. The third-order valence-electron chi connectivity index (χ3n) is 0. The van der Waals surface area contributed by atoms with E-state index in [0.717, 1.165) is 0 Å². The second kappa shape index (κ2) is 23.6. The molecule has 5 heavy (non-hydrogen) atoms. The minimum Gasteiger partial charge on any atom is 1.00 e. The SMILES string of the molecule is [Cu+2].[Na+].[Na+].[Na+].[Na+]. The van der Waals surface area contributed by atoms with Crippen LogP contribution in [0.3, 0.4) is 0 Å². The zero-order chi connectivity index (χ0) is 0. The van der Waals surface area contributed by atoms with Crippen LogP contribution >= 0.6 is 0 Å². The summed E-state index contributed by atoms with van der Waals surface area (Å²) >= 11 is 0. The Labute approximate surface area is 132 Å². The van der Waals surface area contributed by atoms with Gasteiger partial charge in [-0.15, -0.1) is 0 Å². The van der Waals surface area contributed by atoms with Crippen LogP contribution in [-0.2, 0) is 17.1 Å². The summed E-state index contributed by atoms with van der Waals surface area (Å²) in [5, 5.41) is 0. The normalized spacial score (nSPS) is 0. The molecule has 0 atom stereocenters. The van der Waals surface area contributed by atoms with E-state index in [1.165, 1.54) is 0 Å². The first-order valence-electron chi connectivity index (χ1n) is 0. The van der Waals surface area contributed by atoms with Gasteiger partial charge in [-0.25, -0.2) is 0 Å². The molecule has 9 valence electrons. The molecule has 5 heteroatoms. The van der Waals surface area contributed by atoms with Crippen molar-refractivity contribution in [2.75, 3.05) is 0 Å². The topological polar surface area (TPSA) is 0 Å². The molecule has 0 aromatic carbocycles. The van der Waals surface area contributed by atoms with Crippen LogP contribution < -0.4 is 118 Å². The van der Waals surface area contributed by atoms with Crippen molar-refractivity contribution in [2.24, 2.45) is 0 Å². The van der Waals surface area contributed by atoms with Crippen LogP contribution in [0.2, 0.25) is 0 Å². The molecular formula is CuNa4+6. The molecule has 0 saturated heterocycles. The van der Waals surface area contributed by atoms with E-state index in [0.29, 0.717) is 0 Å². The predicted octanol–water partition coefficient (Wildman–Crippen LogP) is -12.0. The Bertz CT molecular complexity index is 3.61. The summed E-state index contributed by atoms with van der Waals surface area (Å²) in [4.78, 5) is 0. The molecule has 0 saturated carbocycles. The molecule has 0 N–H and O–H groups in total. The van der Waals surface area contributed by atoms with Gasteiger partial charge >= 0.3 is 135 Å². The van der Waals surface area contributed by atoms with Gasteiger partial charge < -0.3 is 0 Å². The van der Waals surface area contributed by atoms with Crippen LogP contribution in [0.4, 0.5) is 0 Å². The molecule has 0 aliphatic heterocycles. The fourth-order valence-corrected chi connectivity index (χ4v) is 0. The molecule has 0 spiro atoms. The summed E-state index contributed by atoms with van der Waals surface area (Å²) in [7, 11) is 0. The first-order chi connectivity index (χ1) is 0. The van der Waals surface area contributed by atoms with Crippen LogP contribution in [-0.4, -0.2) is 0 Å². The standard InChI is InChI=1S/Cu.4Na/q+2;4*+1. The Kier molecular flexibility index (Phi) is 160. The number of hydrogen-bond acceptors (Lipinski definition) is 0. The monoisotopic (exact) mass is 155 g/mol. The van der Waals surface area contributed by atoms with E-state index in [4.69, 9.17) is 0 Å². The van der Waals surface area contributed by atoms with Crippen LogP contribution in [0.15, 0.2) is 0 Å². The Hall–Kier alpha value is 4.52. The molecule has 1 radical (unpaired) electrons. The van der Waals surface area contributed by atoms with Gasteiger partial charge in [-0.1, -0.05) is 0 Å². The van der Waals surface area contributed by atoms with Gasteiger partial charge in [-0.3, -0.25) is 0 Å². The average molecular weight is 156 g/mol. The van der Waals surface area contributed by atoms with Gasteiger partial charge in [0.05, 0.1) is 0 Å². The smallest absolute Gasteiger partial charge is 1.00 e. The molecule has 0 nitrogen and oxygen atoms in total. The average Bonchev–Trinajstić information content (AvgIpc) is 0. The minimum absolute atomic E-state index is 0. The van der Waals surface area contributed by atoms with Crippen molar-refractivity contribution in [1.82, 2.24) is 0 Å². The van der Waals surface area contributed by atoms with E-state index >= 15 is 0 Å². The van der Waals surface area contributed by atoms with E-state index in [1.54, 1.807) is 0 Å². The van der Waals surface area contributed by atoms with E-state index in [9.17, 15) is 0 Å². The van der Waals surface area contributed by atoms with Crippen molar-refractivity contribution in [1.29, 1.82) is 0 Å². The van der Waals surface area contributed by atoms with Crippen molar-refractivity contribution in [3.05, 3.63) is 0 Å². The first kappa shape index (κ1) is 33.8. The second-order valence-corrected chi connectivity index (χ2v) is 0. The molecule has 0 amide bonds. The van der Waals surface area contributed by atoms with Gasteiger partial charge in [-0.2, -0.15) is 0 Å². The van der Waals surface area contributed by atoms with Crippen molar-refractivity contribution < 1.29 is 135 Å².